The molecule has 4 heterocycles. The number of nitrogens with zero attached hydrogens (tertiary/aromatic N) is 5. The third kappa shape index (κ3) is 5.15. The van der Waals surface area contributed by atoms with E-state index in [9.17, 15) is 40.7 Å². The molecule has 1 spiro atoms. The molecule has 36 heavy (non-hydrogen) atoms. The predicted octanol–water partition coefficient (Wildman–Crippen LogP) is 2.60. The van der Waals surface area contributed by atoms with Gasteiger partial charge in [0.1, 0.15) is 17.8 Å². The molecule has 3 aliphatic rings. The number of imidazole rings is 1. The molecule has 2 amide bonds. The molecule has 2 fully saturated rings. The summed E-state index contributed by atoms with van der Waals surface area (Å²) in [6.07, 6.45) is -13.4. The van der Waals surface area contributed by atoms with E-state index in [-0.39, 0.29) is 44.1 Å². The standard InChI is InChI=1S/C21H25F6N5O4/c22-20(23,24)17(21(25,26)27)36-18(35)30-6-3-19(4-7-30)2-1-5-32(19)16(34)14-12-31-9-8-29(10-11-33)13-15(31)28-14/h11-12,17H,1-10,13H2. The molecule has 15 heteroatoms. The number of likely N-dealkylation sites (tertiary alicyclic amines) is 2. The van der Waals surface area contributed by atoms with E-state index < -0.39 is 30.1 Å². The Bertz CT molecular complexity index is 988. The highest BCUT2D eigenvalue weighted by atomic mass is 19.4. The summed E-state index contributed by atoms with van der Waals surface area (Å²) in [6, 6.07) is 0. The van der Waals surface area contributed by atoms with Gasteiger partial charge in [-0.15, -0.1) is 0 Å². The van der Waals surface area contributed by atoms with Crippen molar-refractivity contribution in [1.82, 2.24) is 24.3 Å². The monoisotopic (exact) mass is 525 g/mol. The minimum Gasteiger partial charge on any atom is -0.426 e. The van der Waals surface area contributed by atoms with Crippen molar-refractivity contribution in [3.8, 4) is 0 Å². The first-order valence-electron chi connectivity index (χ1n) is 11.5. The van der Waals surface area contributed by atoms with Gasteiger partial charge in [0.15, 0.2) is 0 Å². The fourth-order valence-electron chi connectivity index (χ4n) is 5.18. The Kier molecular flexibility index (Phi) is 6.96. The van der Waals surface area contributed by atoms with E-state index in [2.05, 4.69) is 9.72 Å². The van der Waals surface area contributed by atoms with Gasteiger partial charge in [0.25, 0.3) is 12.0 Å². The van der Waals surface area contributed by atoms with Gasteiger partial charge in [-0.3, -0.25) is 9.69 Å². The van der Waals surface area contributed by atoms with E-state index in [1.54, 1.807) is 11.1 Å². The van der Waals surface area contributed by atoms with E-state index in [0.29, 0.717) is 44.8 Å². The molecule has 0 bridgehead atoms. The number of rotatable bonds is 4. The SMILES string of the molecule is O=CCN1CCn2cc(C(=O)N3CCCC34CCN(C(=O)OC(C(F)(F)F)C(F)(F)F)CC4)nc2C1. The molecule has 0 saturated carbocycles. The number of aromatic nitrogens is 2. The van der Waals surface area contributed by atoms with Crippen molar-refractivity contribution in [2.45, 2.75) is 62.8 Å². The molecule has 0 unspecified atom stereocenters. The number of piperidine rings is 1. The van der Waals surface area contributed by atoms with Gasteiger partial charge in [-0.25, -0.2) is 9.78 Å². The van der Waals surface area contributed by atoms with Gasteiger partial charge in [-0.2, -0.15) is 26.3 Å². The lowest BCUT2D eigenvalue weighted by Crippen LogP contribution is -2.56. The van der Waals surface area contributed by atoms with Crippen LogP contribution in [0.15, 0.2) is 6.20 Å². The first-order valence-corrected chi connectivity index (χ1v) is 11.5. The summed E-state index contributed by atoms with van der Waals surface area (Å²) in [7, 11) is 0. The minimum atomic E-state index is -5.78. The summed E-state index contributed by atoms with van der Waals surface area (Å²) >= 11 is 0. The number of carbonyl (C=O) groups is 3. The van der Waals surface area contributed by atoms with Gasteiger partial charge >= 0.3 is 18.4 Å². The van der Waals surface area contributed by atoms with E-state index >= 15 is 0 Å². The predicted molar refractivity (Wildman–Crippen MR) is 110 cm³/mol. The number of ether oxygens (including phenoxy) is 1. The topological polar surface area (TPSA) is 88.0 Å². The number of alkyl halides is 6. The maximum atomic E-state index is 13.4. The summed E-state index contributed by atoms with van der Waals surface area (Å²) in [5, 5.41) is 0. The molecule has 0 radical (unpaired) electrons. The second-order valence-corrected chi connectivity index (χ2v) is 9.26. The van der Waals surface area contributed by atoms with Gasteiger partial charge in [0.2, 0.25) is 0 Å². The molecule has 0 aliphatic carbocycles. The Hall–Kier alpha value is -2.84. The number of carbonyl (C=O) groups excluding carboxylic acids is 3. The lowest BCUT2D eigenvalue weighted by atomic mass is 9.85. The van der Waals surface area contributed by atoms with Crippen LogP contribution in [0, 0.1) is 0 Å². The summed E-state index contributed by atoms with van der Waals surface area (Å²) < 4.78 is 82.1. The highest BCUT2D eigenvalue weighted by molar-refractivity contribution is 5.93. The van der Waals surface area contributed by atoms with Gasteiger partial charge in [-0.1, -0.05) is 0 Å². The van der Waals surface area contributed by atoms with Crippen LogP contribution in [-0.4, -0.2) is 99.3 Å². The van der Waals surface area contributed by atoms with Crippen LogP contribution in [0.3, 0.4) is 0 Å². The molecule has 3 aliphatic heterocycles. The largest absolute Gasteiger partial charge is 0.434 e. The lowest BCUT2D eigenvalue weighted by Gasteiger charge is -2.44. The fraction of sp³-hybridized carbons (Fsp3) is 0.714. The number of aldehydes is 1. The Morgan fingerprint density at radius 2 is 1.69 bits per heavy atom. The number of fused-ring (bicyclic) bond motifs is 1. The van der Waals surface area contributed by atoms with Crippen LogP contribution in [0.5, 0.6) is 0 Å². The molecule has 1 aromatic heterocycles. The molecule has 4 rings (SSSR count). The summed E-state index contributed by atoms with van der Waals surface area (Å²) in [4.78, 5) is 45.1. The average molecular weight is 525 g/mol. The molecule has 0 aromatic carbocycles. The lowest BCUT2D eigenvalue weighted by molar-refractivity contribution is -0.308. The molecule has 200 valence electrons. The molecule has 0 atom stereocenters. The Morgan fingerprint density at radius 3 is 2.31 bits per heavy atom. The fourth-order valence-corrected chi connectivity index (χ4v) is 5.18. The summed E-state index contributed by atoms with van der Waals surface area (Å²) in [5.41, 5.74) is -0.436. The second kappa shape index (κ2) is 9.56. The maximum absolute atomic E-state index is 13.4. The van der Waals surface area contributed by atoms with Gasteiger partial charge in [0.05, 0.1) is 13.1 Å². The van der Waals surface area contributed by atoms with Crippen molar-refractivity contribution in [2.75, 3.05) is 32.7 Å². The molecule has 1 aromatic rings. The first kappa shape index (κ1) is 26.2. The van der Waals surface area contributed by atoms with E-state index in [1.807, 2.05) is 9.47 Å². The quantitative estimate of drug-likeness (QED) is 0.444. The Balaban J connectivity index is 1.41. The van der Waals surface area contributed by atoms with Gasteiger partial charge in [-0.05, 0) is 25.7 Å². The highest BCUT2D eigenvalue weighted by Crippen LogP contribution is 2.40. The second-order valence-electron chi connectivity index (χ2n) is 9.26. The summed E-state index contributed by atoms with van der Waals surface area (Å²) in [5.74, 6) is 0.336. The van der Waals surface area contributed by atoms with Gasteiger partial charge in [0, 0.05) is 44.5 Å². The van der Waals surface area contributed by atoms with Crippen molar-refractivity contribution in [1.29, 1.82) is 0 Å². The van der Waals surface area contributed by atoms with Crippen molar-refractivity contribution in [3.63, 3.8) is 0 Å². The smallest absolute Gasteiger partial charge is 0.426 e. The summed E-state index contributed by atoms with van der Waals surface area (Å²) in [6.45, 7) is 2.02. The number of amides is 2. The van der Waals surface area contributed by atoms with Crippen LogP contribution in [0.4, 0.5) is 31.1 Å². The van der Waals surface area contributed by atoms with Gasteiger partial charge < -0.3 is 23.9 Å². The average Bonchev–Trinajstić information content (AvgIpc) is 3.40. The normalized spacial score (nSPS) is 20.6. The Morgan fingerprint density at radius 1 is 1.03 bits per heavy atom. The highest BCUT2D eigenvalue weighted by Gasteiger charge is 2.60. The van der Waals surface area contributed by atoms with E-state index in [4.69, 9.17) is 0 Å². The third-order valence-electron chi connectivity index (χ3n) is 7.04. The molecule has 0 N–H and O–H groups in total. The van der Waals surface area contributed by atoms with Crippen molar-refractivity contribution < 1.29 is 45.5 Å². The third-order valence-corrected chi connectivity index (χ3v) is 7.04. The number of halogens is 6. The number of hydrogen-bond donors (Lipinski definition) is 0. The van der Waals surface area contributed by atoms with Crippen LogP contribution < -0.4 is 0 Å². The Labute approximate surface area is 201 Å². The van der Waals surface area contributed by atoms with Crippen LogP contribution >= 0.6 is 0 Å². The van der Waals surface area contributed by atoms with Crippen molar-refractivity contribution in [2.24, 2.45) is 0 Å². The van der Waals surface area contributed by atoms with E-state index in [0.717, 1.165) is 11.2 Å². The number of hydrogen-bond acceptors (Lipinski definition) is 6. The minimum absolute atomic E-state index is 0.147. The molecule has 9 nitrogen and oxygen atoms in total. The van der Waals surface area contributed by atoms with Crippen molar-refractivity contribution in [3.05, 3.63) is 17.7 Å². The zero-order valence-corrected chi connectivity index (χ0v) is 19.1. The maximum Gasteiger partial charge on any atom is 0.434 e. The zero-order valence-electron chi connectivity index (χ0n) is 19.1. The van der Waals surface area contributed by atoms with Crippen molar-refractivity contribution >= 4 is 18.3 Å². The molecule has 2 saturated heterocycles. The van der Waals surface area contributed by atoms with Crippen LogP contribution in [0.2, 0.25) is 0 Å². The molecular weight excluding hydrogens is 500 g/mol. The van der Waals surface area contributed by atoms with Crippen LogP contribution in [0.1, 0.15) is 42.0 Å². The molecular formula is C21H25F6N5O4. The first-order chi connectivity index (χ1) is 16.8. The van der Waals surface area contributed by atoms with E-state index in [1.165, 1.54) is 0 Å². The van der Waals surface area contributed by atoms with Crippen LogP contribution in [-0.2, 0) is 22.6 Å². The zero-order chi connectivity index (χ0) is 26.3. The van der Waals surface area contributed by atoms with Crippen LogP contribution in [0.25, 0.3) is 0 Å².